The smallest absolute Gasteiger partial charge is 0.224 e. The van der Waals surface area contributed by atoms with Crippen molar-refractivity contribution in [3.05, 3.63) is 30.3 Å². The lowest BCUT2D eigenvalue weighted by atomic mass is 10.3. The lowest BCUT2D eigenvalue weighted by Crippen LogP contribution is -2.29. The molecule has 1 rings (SSSR count). The molecule has 17 heavy (non-hydrogen) atoms. The van der Waals surface area contributed by atoms with Gasteiger partial charge < -0.3 is 10.2 Å². The number of rotatable bonds is 7. The number of hydrogen-bond acceptors (Lipinski definition) is 2. The predicted molar refractivity (Wildman–Crippen MR) is 72.1 cm³/mol. The number of hydrogen-bond donors (Lipinski definition) is 1. The highest BCUT2D eigenvalue weighted by Crippen LogP contribution is 2.05. The van der Waals surface area contributed by atoms with Crippen LogP contribution in [0.5, 0.6) is 0 Å². The van der Waals surface area contributed by atoms with E-state index in [0.717, 1.165) is 25.1 Å². The first-order valence-corrected chi connectivity index (χ1v) is 6.27. The Morgan fingerprint density at radius 2 is 2.00 bits per heavy atom. The van der Waals surface area contributed by atoms with Gasteiger partial charge in [0.25, 0.3) is 0 Å². The Labute approximate surface area is 104 Å². The monoisotopic (exact) mass is 234 g/mol. The summed E-state index contributed by atoms with van der Waals surface area (Å²) in [6, 6.07) is 9.96. The van der Waals surface area contributed by atoms with Crippen LogP contribution in [0, 0.1) is 0 Å². The Morgan fingerprint density at radius 1 is 1.29 bits per heavy atom. The number of nitrogens with zero attached hydrogens (tertiary/aromatic N) is 1. The molecule has 1 aromatic carbocycles. The molecule has 1 amide bonds. The molecule has 0 unspecified atom stereocenters. The molecule has 0 aliphatic rings. The lowest BCUT2D eigenvalue weighted by molar-refractivity contribution is -0.129. The molecule has 3 nitrogen and oxygen atoms in total. The number of benzene rings is 1. The third kappa shape index (κ3) is 5.38. The molecule has 0 bridgehead atoms. The van der Waals surface area contributed by atoms with Crippen LogP contribution in [0.25, 0.3) is 0 Å². The van der Waals surface area contributed by atoms with E-state index < -0.39 is 0 Å². The Kier molecular flexibility index (Phi) is 6.15. The van der Waals surface area contributed by atoms with Crippen LogP contribution in [0.2, 0.25) is 0 Å². The van der Waals surface area contributed by atoms with E-state index in [0.29, 0.717) is 13.0 Å². The number of carbonyl (C=O) groups is 1. The second kappa shape index (κ2) is 7.71. The normalized spacial score (nSPS) is 10.0. The molecular formula is C14H22N2O. The zero-order valence-electron chi connectivity index (χ0n) is 10.8. The van der Waals surface area contributed by atoms with E-state index in [1.54, 1.807) is 0 Å². The van der Waals surface area contributed by atoms with Crippen molar-refractivity contribution in [3.8, 4) is 0 Å². The number of anilines is 1. The van der Waals surface area contributed by atoms with Gasteiger partial charge >= 0.3 is 0 Å². The second-order valence-corrected chi connectivity index (χ2v) is 4.21. The van der Waals surface area contributed by atoms with Gasteiger partial charge in [0.15, 0.2) is 0 Å². The van der Waals surface area contributed by atoms with Gasteiger partial charge in [0.05, 0.1) is 0 Å². The zero-order chi connectivity index (χ0) is 12.5. The molecule has 0 aliphatic heterocycles. The molecule has 0 heterocycles. The molecule has 94 valence electrons. The Bertz CT molecular complexity index is 324. The number of para-hydroxylation sites is 1. The summed E-state index contributed by atoms with van der Waals surface area (Å²) in [6.45, 7) is 3.69. The number of nitrogens with one attached hydrogen (secondary N) is 1. The highest BCUT2D eigenvalue weighted by molar-refractivity contribution is 5.76. The minimum atomic E-state index is 0.210. The lowest BCUT2D eigenvalue weighted by Gasteiger charge is -2.16. The summed E-state index contributed by atoms with van der Waals surface area (Å²) in [5, 5.41) is 3.24. The molecular weight excluding hydrogens is 212 g/mol. The van der Waals surface area contributed by atoms with Crippen molar-refractivity contribution in [1.82, 2.24) is 4.90 Å². The number of amides is 1. The minimum absolute atomic E-state index is 0.210. The zero-order valence-corrected chi connectivity index (χ0v) is 10.8. The van der Waals surface area contributed by atoms with Gasteiger partial charge in [-0.2, -0.15) is 0 Å². The van der Waals surface area contributed by atoms with Crippen LogP contribution in [0.1, 0.15) is 26.2 Å². The van der Waals surface area contributed by atoms with Crippen molar-refractivity contribution in [3.63, 3.8) is 0 Å². The highest BCUT2D eigenvalue weighted by atomic mass is 16.2. The first-order valence-electron chi connectivity index (χ1n) is 6.27. The van der Waals surface area contributed by atoms with Gasteiger partial charge in [-0.3, -0.25) is 4.79 Å². The van der Waals surface area contributed by atoms with Crippen molar-refractivity contribution < 1.29 is 4.79 Å². The standard InChI is InChI=1S/C14H22N2O/c1-3-4-12-16(2)14(17)10-11-15-13-8-6-5-7-9-13/h5-9,15H,3-4,10-12H2,1-2H3. The van der Waals surface area contributed by atoms with E-state index >= 15 is 0 Å². The summed E-state index contributed by atoms with van der Waals surface area (Å²) in [5.74, 6) is 0.210. The third-order valence-electron chi connectivity index (χ3n) is 2.71. The largest absolute Gasteiger partial charge is 0.385 e. The summed E-state index contributed by atoms with van der Waals surface area (Å²) in [5.41, 5.74) is 1.07. The van der Waals surface area contributed by atoms with Gasteiger partial charge in [-0.1, -0.05) is 31.5 Å². The van der Waals surface area contributed by atoms with Crippen LogP contribution in [-0.4, -0.2) is 30.9 Å². The van der Waals surface area contributed by atoms with E-state index in [2.05, 4.69) is 12.2 Å². The molecule has 0 aromatic heterocycles. The third-order valence-corrected chi connectivity index (χ3v) is 2.71. The SMILES string of the molecule is CCCCN(C)C(=O)CCNc1ccccc1. The molecule has 1 aromatic rings. The maximum Gasteiger partial charge on any atom is 0.224 e. The van der Waals surface area contributed by atoms with Crippen LogP contribution < -0.4 is 5.32 Å². The maximum atomic E-state index is 11.7. The van der Waals surface area contributed by atoms with Crippen molar-refractivity contribution in [1.29, 1.82) is 0 Å². The van der Waals surface area contributed by atoms with E-state index in [9.17, 15) is 4.79 Å². The van der Waals surface area contributed by atoms with Crippen LogP contribution in [0.15, 0.2) is 30.3 Å². The molecule has 0 saturated carbocycles. The van der Waals surface area contributed by atoms with Crippen molar-refractivity contribution >= 4 is 11.6 Å². The Hall–Kier alpha value is -1.51. The van der Waals surface area contributed by atoms with Crippen molar-refractivity contribution in [2.45, 2.75) is 26.2 Å². The molecule has 3 heteroatoms. The van der Waals surface area contributed by atoms with E-state index in [-0.39, 0.29) is 5.91 Å². The number of unbranched alkanes of at least 4 members (excludes halogenated alkanes) is 1. The summed E-state index contributed by atoms with van der Waals surface area (Å²) in [4.78, 5) is 13.5. The van der Waals surface area contributed by atoms with E-state index in [1.165, 1.54) is 0 Å². The Morgan fingerprint density at radius 3 is 2.65 bits per heavy atom. The highest BCUT2D eigenvalue weighted by Gasteiger charge is 2.06. The van der Waals surface area contributed by atoms with Crippen LogP contribution in [0.3, 0.4) is 0 Å². The van der Waals surface area contributed by atoms with Crippen molar-refractivity contribution in [2.75, 3.05) is 25.5 Å². The van der Waals surface area contributed by atoms with Crippen molar-refractivity contribution in [2.24, 2.45) is 0 Å². The average Bonchev–Trinajstić information content (AvgIpc) is 2.37. The van der Waals surface area contributed by atoms with Gasteiger partial charge in [0, 0.05) is 32.2 Å². The molecule has 0 aliphatic carbocycles. The van der Waals surface area contributed by atoms with Gasteiger partial charge in [0.1, 0.15) is 0 Å². The van der Waals surface area contributed by atoms with Crippen LogP contribution in [-0.2, 0) is 4.79 Å². The summed E-state index contributed by atoms with van der Waals surface area (Å²) < 4.78 is 0. The minimum Gasteiger partial charge on any atom is -0.385 e. The first kappa shape index (κ1) is 13.6. The topological polar surface area (TPSA) is 32.3 Å². The molecule has 0 fully saturated rings. The van der Waals surface area contributed by atoms with E-state index in [4.69, 9.17) is 0 Å². The van der Waals surface area contributed by atoms with Gasteiger partial charge in [-0.15, -0.1) is 0 Å². The van der Waals surface area contributed by atoms with Crippen LogP contribution >= 0.6 is 0 Å². The molecule has 0 spiro atoms. The number of carbonyl (C=O) groups excluding carboxylic acids is 1. The fourth-order valence-corrected chi connectivity index (χ4v) is 1.58. The van der Waals surface area contributed by atoms with Gasteiger partial charge in [0.2, 0.25) is 5.91 Å². The van der Waals surface area contributed by atoms with E-state index in [1.807, 2.05) is 42.3 Å². The Balaban J connectivity index is 2.20. The quantitative estimate of drug-likeness (QED) is 0.786. The molecule has 0 radical (unpaired) electrons. The average molecular weight is 234 g/mol. The molecule has 1 N–H and O–H groups in total. The van der Waals surface area contributed by atoms with Crippen LogP contribution in [0.4, 0.5) is 5.69 Å². The van der Waals surface area contributed by atoms with Gasteiger partial charge in [-0.05, 0) is 18.6 Å². The predicted octanol–water partition coefficient (Wildman–Crippen LogP) is 2.75. The fraction of sp³-hybridized carbons (Fsp3) is 0.500. The summed E-state index contributed by atoms with van der Waals surface area (Å²) in [6.07, 6.45) is 2.75. The molecule has 0 saturated heterocycles. The second-order valence-electron chi connectivity index (χ2n) is 4.21. The summed E-state index contributed by atoms with van der Waals surface area (Å²) >= 11 is 0. The summed E-state index contributed by atoms with van der Waals surface area (Å²) in [7, 11) is 1.88. The maximum absolute atomic E-state index is 11.7. The first-order chi connectivity index (χ1) is 8.24. The fourth-order valence-electron chi connectivity index (χ4n) is 1.58. The van der Waals surface area contributed by atoms with Gasteiger partial charge in [-0.25, -0.2) is 0 Å². The molecule has 0 atom stereocenters.